The molecule has 1 aliphatic carbocycles. The summed E-state index contributed by atoms with van der Waals surface area (Å²) in [5.74, 6) is -0.683. The molecule has 1 aromatic rings. The molecule has 1 atom stereocenters. The van der Waals surface area contributed by atoms with Gasteiger partial charge in [-0.15, -0.1) is 0 Å². The Morgan fingerprint density at radius 1 is 1.41 bits per heavy atom. The van der Waals surface area contributed by atoms with Crippen molar-refractivity contribution >= 4 is 5.97 Å². The number of benzene rings is 1. The van der Waals surface area contributed by atoms with Crippen molar-refractivity contribution in [3.05, 3.63) is 34.9 Å². The Bertz CT molecular complexity index is 450. The first kappa shape index (κ1) is 12.1. The number of aryl methyl sites for hydroxylation is 2. The first-order valence-corrected chi connectivity index (χ1v) is 5.99. The third-order valence-electron chi connectivity index (χ3n) is 3.79. The summed E-state index contributed by atoms with van der Waals surface area (Å²) in [6.07, 6.45) is 1.53. The van der Waals surface area contributed by atoms with Gasteiger partial charge in [-0.05, 0) is 44.9 Å². The predicted molar refractivity (Wildman–Crippen MR) is 67.0 cm³/mol. The molecule has 2 rings (SSSR count). The van der Waals surface area contributed by atoms with Crippen molar-refractivity contribution < 1.29 is 9.90 Å². The Morgan fingerprint density at radius 3 is 2.47 bits per heavy atom. The Hall–Kier alpha value is -1.35. The maximum Gasteiger partial charge on any atom is 0.311 e. The Morgan fingerprint density at radius 2 is 2.06 bits per heavy atom. The van der Waals surface area contributed by atoms with Crippen LogP contribution in [-0.2, 0) is 4.79 Å². The largest absolute Gasteiger partial charge is 0.481 e. The molecule has 1 aromatic carbocycles. The van der Waals surface area contributed by atoms with E-state index in [9.17, 15) is 9.90 Å². The summed E-state index contributed by atoms with van der Waals surface area (Å²) in [5, 5.41) is 12.6. The first-order valence-electron chi connectivity index (χ1n) is 5.99. The van der Waals surface area contributed by atoms with E-state index in [2.05, 4.69) is 24.4 Å². The van der Waals surface area contributed by atoms with Gasteiger partial charge in [0.15, 0.2) is 0 Å². The van der Waals surface area contributed by atoms with E-state index in [-0.39, 0.29) is 6.04 Å². The number of carbonyl (C=O) groups is 1. The Balaban J connectivity index is 2.39. The zero-order valence-electron chi connectivity index (χ0n) is 10.6. The Labute approximate surface area is 102 Å². The van der Waals surface area contributed by atoms with Crippen LogP contribution in [0.1, 0.15) is 35.6 Å². The minimum Gasteiger partial charge on any atom is -0.481 e. The average molecular weight is 233 g/mol. The van der Waals surface area contributed by atoms with Crippen LogP contribution in [-0.4, -0.2) is 18.1 Å². The molecule has 0 amide bonds. The van der Waals surface area contributed by atoms with E-state index in [1.807, 2.05) is 20.0 Å². The van der Waals surface area contributed by atoms with Crippen molar-refractivity contribution in [2.45, 2.75) is 32.7 Å². The third-order valence-corrected chi connectivity index (χ3v) is 3.79. The topological polar surface area (TPSA) is 49.3 Å². The maximum atomic E-state index is 11.4. The van der Waals surface area contributed by atoms with Gasteiger partial charge in [-0.3, -0.25) is 4.79 Å². The van der Waals surface area contributed by atoms with E-state index in [0.717, 1.165) is 24.0 Å². The molecule has 0 saturated heterocycles. The lowest BCUT2D eigenvalue weighted by molar-refractivity contribution is -0.144. The molecule has 92 valence electrons. The van der Waals surface area contributed by atoms with Gasteiger partial charge in [0.2, 0.25) is 0 Å². The van der Waals surface area contributed by atoms with Gasteiger partial charge in [0, 0.05) is 6.04 Å². The highest BCUT2D eigenvalue weighted by Crippen LogP contribution is 2.55. The molecule has 3 heteroatoms. The fourth-order valence-corrected chi connectivity index (χ4v) is 2.64. The summed E-state index contributed by atoms with van der Waals surface area (Å²) in [4.78, 5) is 11.4. The van der Waals surface area contributed by atoms with Crippen LogP contribution in [0, 0.1) is 19.3 Å². The quantitative estimate of drug-likeness (QED) is 0.839. The van der Waals surface area contributed by atoms with Gasteiger partial charge in [0.05, 0.1) is 5.41 Å². The zero-order valence-corrected chi connectivity index (χ0v) is 10.6. The minimum atomic E-state index is -0.683. The molecule has 3 nitrogen and oxygen atoms in total. The zero-order chi connectivity index (χ0) is 12.6. The molecule has 1 saturated carbocycles. The van der Waals surface area contributed by atoms with Crippen LogP contribution in [0.25, 0.3) is 0 Å². The number of rotatable bonds is 4. The number of hydrogen-bond acceptors (Lipinski definition) is 2. The molecule has 0 aliphatic heterocycles. The number of hydrogen-bond donors (Lipinski definition) is 2. The van der Waals surface area contributed by atoms with Crippen LogP contribution in [0.4, 0.5) is 0 Å². The normalized spacial score (nSPS) is 18.8. The van der Waals surface area contributed by atoms with Gasteiger partial charge in [0.25, 0.3) is 0 Å². The second kappa shape index (κ2) is 4.15. The molecule has 17 heavy (non-hydrogen) atoms. The van der Waals surface area contributed by atoms with Crippen molar-refractivity contribution in [3.8, 4) is 0 Å². The lowest BCUT2D eigenvalue weighted by Crippen LogP contribution is -2.33. The lowest BCUT2D eigenvalue weighted by Gasteiger charge is -2.25. The highest BCUT2D eigenvalue weighted by molar-refractivity contribution is 5.79. The van der Waals surface area contributed by atoms with Gasteiger partial charge in [0.1, 0.15) is 0 Å². The number of carboxylic acids is 1. The molecular weight excluding hydrogens is 214 g/mol. The smallest absolute Gasteiger partial charge is 0.311 e. The van der Waals surface area contributed by atoms with E-state index in [0.29, 0.717) is 0 Å². The van der Waals surface area contributed by atoms with E-state index in [4.69, 9.17) is 0 Å². The molecule has 2 N–H and O–H groups in total. The summed E-state index contributed by atoms with van der Waals surface area (Å²) < 4.78 is 0. The molecule has 0 radical (unpaired) electrons. The fourth-order valence-electron chi connectivity index (χ4n) is 2.64. The van der Waals surface area contributed by atoms with E-state index in [1.165, 1.54) is 5.56 Å². The van der Waals surface area contributed by atoms with Gasteiger partial charge >= 0.3 is 5.97 Å². The fraction of sp³-hybridized carbons (Fsp3) is 0.500. The van der Waals surface area contributed by atoms with Gasteiger partial charge in [-0.2, -0.15) is 0 Å². The van der Waals surface area contributed by atoms with Crippen LogP contribution in [0.15, 0.2) is 18.2 Å². The standard InChI is InChI=1S/C14H19NO2/c1-9-4-5-11(10(2)8-9)12(15-3)14(6-7-14)13(16)17/h4-5,8,12,15H,6-7H2,1-3H3,(H,16,17). The number of aliphatic carboxylic acids is 1. The Kier molecular flexibility index (Phi) is 2.96. The minimum absolute atomic E-state index is 0.0828. The first-order chi connectivity index (χ1) is 8.01. The predicted octanol–water partition coefficient (Wildman–Crippen LogP) is 2.43. The van der Waals surface area contributed by atoms with Gasteiger partial charge in [-0.1, -0.05) is 23.8 Å². The second-order valence-electron chi connectivity index (χ2n) is 5.04. The van der Waals surface area contributed by atoms with Crippen LogP contribution >= 0.6 is 0 Å². The van der Waals surface area contributed by atoms with E-state index >= 15 is 0 Å². The van der Waals surface area contributed by atoms with Crippen LogP contribution in [0.2, 0.25) is 0 Å². The van der Waals surface area contributed by atoms with Crippen LogP contribution in [0.5, 0.6) is 0 Å². The highest BCUT2D eigenvalue weighted by Gasteiger charge is 2.56. The van der Waals surface area contributed by atoms with E-state index < -0.39 is 11.4 Å². The van der Waals surface area contributed by atoms with E-state index in [1.54, 1.807) is 0 Å². The lowest BCUT2D eigenvalue weighted by atomic mass is 9.87. The SMILES string of the molecule is CNC(c1ccc(C)cc1C)C1(C(=O)O)CC1. The molecule has 0 bridgehead atoms. The molecule has 1 unspecified atom stereocenters. The average Bonchev–Trinajstić information content (AvgIpc) is 3.03. The van der Waals surface area contributed by atoms with Gasteiger partial charge < -0.3 is 10.4 Å². The summed E-state index contributed by atoms with van der Waals surface area (Å²) >= 11 is 0. The summed E-state index contributed by atoms with van der Waals surface area (Å²) in [5.41, 5.74) is 2.89. The number of nitrogens with one attached hydrogen (secondary N) is 1. The molecule has 1 aliphatic rings. The monoisotopic (exact) mass is 233 g/mol. The number of carboxylic acid groups (broad SMARTS) is 1. The van der Waals surface area contributed by atoms with Crippen molar-refractivity contribution in [1.82, 2.24) is 5.32 Å². The van der Waals surface area contributed by atoms with Crippen molar-refractivity contribution in [2.24, 2.45) is 5.41 Å². The molecule has 0 heterocycles. The molecule has 1 fully saturated rings. The van der Waals surface area contributed by atoms with Crippen LogP contribution < -0.4 is 5.32 Å². The van der Waals surface area contributed by atoms with Gasteiger partial charge in [-0.25, -0.2) is 0 Å². The summed E-state index contributed by atoms with van der Waals surface area (Å²) in [6, 6.07) is 6.12. The summed E-state index contributed by atoms with van der Waals surface area (Å²) in [7, 11) is 1.84. The summed E-state index contributed by atoms with van der Waals surface area (Å²) in [6.45, 7) is 4.10. The third kappa shape index (κ3) is 1.95. The van der Waals surface area contributed by atoms with Crippen molar-refractivity contribution in [2.75, 3.05) is 7.05 Å². The van der Waals surface area contributed by atoms with Crippen LogP contribution in [0.3, 0.4) is 0 Å². The highest BCUT2D eigenvalue weighted by atomic mass is 16.4. The molecular formula is C14H19NO2. The maximum absolute atomic E-state index is 11.4. The van der Waals surface area contributed by atoms with Crippen molar-refractivity contribution in [3.63, 3.8) is 0 Å². The molecule has 0 spiro atoms. The van der Waals surface area contributed by atoms with Crippen molar-refractivity contribution in [1.29, 1.82) is 0 Å². The second-order valence-corrected chi connectivity index (χ2v) is 5.04. The molecule has 0 aromatic heterocycles.